The largest absolute Gasteiger partial charge is 0.351 e. The maximum Gasteiger partial charge on any atom is 0.261 e. The molecule has 17 heavy (non-hydrogen) atoms. The number of nitrogens with one attached hydrogen (secondary N) is 2. The minimum atomic E-state index is -0.115. The second-order valence-corrected chi connectivity index (χ2v) is 5.44. The molecule has 2 amide bonds. The first-order valence-electron chi connectivity index (χ1n) is 5.50. The molecule has 0 aliphatic heterocycles. The molecule has 0 spiro atoms. The van der Waals surface area contributed by atoms with Gasteiger partial charge in [-0.2, -0.15) is 12.6 Å². The molecule has 1 heterocycles. The summed E-state index contributed by atoms with van der Waals surface area (Å²) in [6.07, 6.45) is 1.96. The Labute approximate surface area is 109 Å². The molecular weight excluding hydrogens is 256 g/mol. The van der Waals surface area contributed by atoms with Gasteiger partial charge in [0, 0.05) is 18.2 Å². The molecule has 4 nitrogen and oxygen atoms in total. The van der Waals surface area contributed by atoms with Gasteiger partial charge in [-0.05, 0) is 25.0 Å². The van der Waals surface area contributed by atoms with Gasteiger partial charge in [-0.25, -0.2) is 0 Å². The molecule has 1 saturated carbocycles. The Bertz CT molecular complexity index is 427. The van der Waals surface area contributed by atoms with Crippen molar-refractivity contribution < 1.29 is 9.59 Å². The minimum absolute atomic E-state index is 0.0640. The lowest BCUT2D eigenvalue weighted by molar-refractivity contribution is -0.117. The van der Waals surface area contributed by atoms with Gasteiger partial charge < -0.3 is 10.6 Å². The summed E-state index contributed by atoms with van der Waals surface area (Å²) in [5.74, 6) is 0.742. The third kappa shape index (κ3) is 3.47. The summed E-state index contributed by atoms with van der Waals surface area (Å²) in [4.78, 5) is 23.7. The first kappa shape index (κ1) is 12.4. The van der Waals surface area contributed by atoms with Gasteiger partial charge in [0.2, 0.25) is 5.91 Å². The van der Waals surface area contributed by atoms with Gasteiger partial charge in [0.1, 0.15) is 0 Å². The molecule has 1 fully saturated rings. The molecule has 92 valence electrons. The summed E-state index contributed by atoms with van der Waals surface area (Å²) in [6.45, 7) is 0.545. The molecule has 1 aromatic heterocycles. The maximum absolute atomic E-state index is 11.6. The van der Waals surface area contributed by atoms with E-state index in [0.717, 1.165) is 17.8 Å². The van der Waals surface area contributed by atoms with E-state index in [-0.39, 0.29) is 17.7 Å². The van der Waals surface area contributed by atoms with Crippen LogP contribution < -0.4 is 10.6 Å². The van der Waals surface area contributed by atoms with Crippen LogP contribution in [0.5, 0.6) is 0 Å². The lowest BCUT2D eigenvalue weighted by Gasteiger charge is -2.00. The monoisotopic (exact) mass is 270 g/mol. The number of carbonyl (C=O) groups excluding carboxylic acids is 2. The Balaban J connectivity index is 1.90. The van der Waals surface area contributed by atoms with E-state index in [0.29, 0.717) is 17.2 Å². The number of hydrogen-bond donors (Lipinski definition) is 3. The molecule has 0 atom stereocenters. The van der Waals surface area contributed by atoms with Gasteiger partial charge >= 0.3 is 0 Å². The fraction of sp³-hybridized carbons (Fsp3) is 0.455. The topological polar surface area (TPSA) is 58.2 Å². The van der Waals surface area contributed by atoms with E-state index >= 15 is 0 Å². The van der Waals surface area contributed by atoms with Crippen molar-refractivity contribution in [2.75, 3.05) is 17.6 Å². The molecule has 0 bridgehead atoms. The van der Waals surface area contributed by atoms with Gasteiger partial charge in [0.15, 0.2) is 0 Å². The average Bonchev–Trinajstić information content (AvgIpc) is 3.07. The van der Waals surface area contributed by atoms with Gasteiger partial charge in [0.25, 0.3) is 5.91 Å². The summed E-state index contributed by atoms with van der Waals surface area (Å²) in [5.41, 5.74) is 0. The van der Waals surface area contributed by atoms with Gasteiger partial charge in [-0.1, -0.05) is 0 Å². The fourth-order valence-corrected chi connectivity index (χ4v) is 2.29. The lowest BCUT2D eigenvalue weighted by atomic mass is 10.4. The van der Waals surface area contributed by atoms with Crippen molar-refractivity contribution in [1.29, 1.82) is 0 Å². The van der Waals surface area contributed by atoms with Gasteiger partial charge in [0.05, 0.1) is 9.88 Å². The predicted molar refractivity (Wildman–Crippen MR) is 71.9 cm³/mol. The van der Waals surface area contributed by atoms with Crippen LogP contribution >= 0.6 is 24.0 Å². The Morgan fingerprint density at radius 2 is 2.18 bits per heavy atom. The summed E-state index contributed by atoms with van der Waals surface area (Å²) in [7, 11) is 0. The second kappa shape index (κ2) is 5.55. The second-order valence-electron chi connectivity index (χ2n) is 3.91. The number of anilines is 1. The zero-order chi connectivity index (χ0) is 12.3. The van der Waals surface area contributed by atoms with E-state index < -0.39 is 0 Å². The maximum atomic E-state index is 11.6. The smallest absolute Gasteiger partial charge is 0.261 e. The number of carbonyl (C=O) groups is 2. The highest BCUT2D eigenvalue weighted by atomic mass is 32.1. The van der Waals surface area contributed by atoms with Crippen molar-refractivity contribution >= 4 is 40.8 Å². The third-order valence-electron chi connectivity index (χ3n) is 2.42. The summed E-state index contributed by atoms with van der Waals surface area (Å²) in [5, 5.41) is 6.29. The standard InChI is InChI=1S/C11H14N2O2S2/c14-10(7-1-2-7)13-9-4-3-8(17-9)11(15)12-5-6-16/h3-4,7,16H,1-2,5-6H2,(H,12,15)(H,13,14). The Morgan fingerprint density at radius 1 is 1.41 bits per heavy atom. The van der Waals surface area contributed by atoms with Crippen LogP contribution in [-0.2, 0) is 4.79 Å². The molecule has 6 heteroatoms. The molecule has 2 rings (SSSR count). The van der Waals surface area contributed by atoms with Crippen molar-refractivity contribution in [2.24, 2.45) is 5.92 Å². The van der Waals surface area contributed by atoms with Crippen molar-refractivity contribution in [3.63, 3.8) is 0 Å². The van der Waals surface area contributed by atoms with Crippen molar-refractivity contribution in [3.8, 4) is 0 Å². The van der Waals surface area contributed by atoms with E-state index in [1.165, 1.54) is 11.3 Å². The highest BCUT2D eigenvalue weighted by Gasteiger charge is 2.29. The predicted octanol–water partition coefficient (Wildman–Crippen LogP) is 1.76. The van der Waals surface area contributed by atoms with Crippen molar-refractivity contribution in [3.05, 3.63) is 17.0 Å². The molecule has 0 radical (unpaired) electrons. The lowest BCUT2D eigenvalue weighted by Crippen LogP contribution is -2.24. The van der Waals surface area contributed by atoms with Crippen LogP contribution in [0.2, 0.25) is 0 Å². The Hall–Kier alpha value is -1.01. The molecule has 0 unspecified atom stereocenters. The highest BCUT2D eigenvalue weighted by Crippen LogP contribution is 2.31. The minimum Gasteiger partial charge on any atom is -0.351 e. The molecule has 0 aromatic carbocycles. The van der Waals surface area contributed by atoms with Crippen LogP contribution in [0.4, 0.5) is 5.00 Å². The zero-order valence-electron chi connectivity index (χ0n) is 9.23. The summed E-state index contributed by atoms with van der Waals surface area (Å²) < 4.78 is 0. The number of rotatable bonds is 5. The van der Waals surface area contributed by atoms with E-state index in [1.807, 2.05) is 0 Å². The zero-order valence-corrected chi connectivity index (χ0v) is 10.9. The first-order valence-corrected chi connectivity index (χ1v) is 6.95. The molecular formula is C11H14N2O2S2. The van der Waals surface area contributed by atoms with Crippen LogP contribution in [0.25, 0.3) is 0 Å². The normalized spacial score (nSPS) is 14.4. The van der Waals surface area contributed by atoms with Crippen LogP contribution in [0.15, 0.2) is 12.1 Å². The Kier molecular flexibility index (Phi) is 4.06. The molecule has 1 aromatic rings. The number of thiophene rings is 1. The average molecular weight is 270 g/mol. The van der Waals surface area contributed by atoms with E-state index in [1.54, 1.807) is 12.1 Å². The molecule has 1 aliphatic carbocycles. The van der Waals surface area contributed by atoms with Crippen LogP contribution in [0.3, 0.4) is 0 Å². The van der Waals surface area contributed by atoms with E-state index in [9.17, 15) is 9.59 Å². The van der Waals surface area contributed by atoms with Gasteiger partial charge in [-0.3, -0.25) is 9.59 Å². The molecule has 0 saturated heterocycles. The van der Waals surface area contributed by atoms with E-state index in [4.69, 9.17) is 0 Å². The number of amides is 2. The van der Waals surface area contributed by atoms with Crippen molar-refractivity contribution in [2.45, 2.75) is 12.8 Å². The first-order chi connectivity index (χ1) is 8.20. The quantitative estimate of drug-likeness (QED) is 0.714. The number of thiol groups is 1. The van der Waals surface area contributed by atoms with Crippen LogP contribution in [0.1, 0.15) is 22.5 Å². The van der Waals surface area contributed by atoms with Gasteiger partial charge in [-0.15, -0.1) is 11.3 Å². The van der Waals surface area contributed by atoms with Crippen molar-refractivity contribution in [1.82, 2.24) is 5.32 Å². The highest BCUT2D eigenvalue weighted by molar-refractivity contribution is 7.80. The molecule has 1 aliphatic rings. The number of hydrogen-bond acceptors (Lipinski definition) is 4. The SMILES string of the molecule is O=C(NCCS)c1ccc(NC(=O)C2CC2)s1. The van der Waals surface area contributed by atoms with Crippen LogP contribution in [-0.4, -0.2) is 24.1 Å². The van der Waals surface area contributed by atoms with Crippen LogP contribution in [0, 0.1) is 5.92 Å². The Morgan fingerprint density at radius 3 is 2.82 bits per heavy atom. The third-order valence-corrected chi connectivity index (χ3v) is 3.64. The summed E-state index contributed by atoms with van der Waals surface area (Å²) >= 11 is 5.32. The summed E-state index contributed by atoms with van der Waals surface area (Å²) in [6, 6.07) is 3.49. The van der Waals surface area contributed by atoms with E-state index in [2.05, 4.69) is 23.3 Å². The molecule has 2 N–H and O–H groups in total. The fourth-order valence-electron chi connectivity index (χ4n) is 1.35.